The summed E-state index contributed by atoms with van der Waals surface area (Å²) in [4.78, 5) is 23.2. The number of carboxylic acid groups (broad SMARTS) is 1. The number of anilines is 1. The van der Waals surface area contributed by atoms with Crippen LogP contribution in [0.1, 0.15) is 11.1 Å². The first-order chi connectivity index (χ1) is 7.63. The number of nitrogens with zero attached hydrogens (tertiary/aromatic N) is 1. The number of carbonyl (C=O) groups is 2. The zero-order chi connectivity index (χ0) is 11.7. The molecule has 0 saturated heterocycles. The third kappa shape index (κ3) is 1.65. The van der Waals surface area contributed by atoms with Crippen LogP contribution in [-0.4, -0.2) is 24.2 Å². The number of imide groups is 1. The van der Waals surface area contributed by atoms with E-state index >= 15 is 0 Å². The minimum atomic E-state index is -1.22. The first-order valence-electron chi connectivity index (χ1n) is 4.95. The highest BCUT2D eigenvalue weighted by Gasteiger charge is 2.32. The van der Waals surface area contributed by atoms with Gasteiger partial charge in [-0.05, 0) is 24.2 Å². The van der Waals surface area contributed by atoms with Crippen molar-refractivity contribution in [2.45, 2.75) is 13.0 Å². The van der Waals surface area contributed by atoms with Crippen LogP contribution in [0.25, 0.3) is 0 Å². The summed E-state index contributed by atoms with van der Waals surface area (Å²) in [6.45, 7) is 0.703. The zero-order valence-corrected chi connectivity index (χ0v) is 8.86. The molecule has 0 atom stereocenters. The van der Waals surface area contributed by atoms with Gasteiger partial charge in [0.1, 0.15) is 0 Å². The summed E-state index contributed by atoms with van der Waals surface area (Å²) < 4.78 is 0. The number of benzene rings is 1. The number of carbonyl (C=O) groups excluding carboxylic acids is 1. The molecular formula is C11H12N2O3. The van der Waals surface area contributed by atoms with Crippen LogP contribution in [0.4, 0.5) is 10.5 Å². The van der Waals surface area contributed by atoms with Crippen molar-refractivity contribution < 1.29 is 14.7 Å². The van der Waals surface area contributed by atoms with E-state index in [2.05, 4.69) is 5.32 Å². The van der Waals surface area contributed by atoms with Crippen molar-refractivity contribution in [2.24, 2.45) is 0 Å². The lowest BCUT2D eigenvalue weighted by Crippen LogP contribution is -2.31. The summed E-state index contributed by atoms with van der Waals surface area (Å²) in [5, 5.41) is 11.9. The smallest absolute Gasteiger partial charge is 0.418 e. The van der Waals surface area contributed by atoms with E-state index in [4.69, 9.17) is 5.11 Å². The number of fused-ring (bicyclic) bond motifs is 1. The molecule has 5 nitrogen and oxygen atoms in total. The molecule has 0 spiro atoms. The van der Waals surface area contributed by atoms with Crippen LogP contribution < -0.4 is 10.2 Å². The Bertz CT molecular complexity index is 457. The van der Waals surface area contributed by atoms with Crippen molar-refractivity contribution in [1.29, 1.82) is 0 Å². The summed E-state index contributed by atoms with van der Waals surface area (Å²) >= 11 is 0. The molecule has 0 fully saturated rings. The summed E-state index contributed by atoms with van der Waals surface area (Å²) in [6.07, 6.45) is -1.05. The van der Waals surface area contributed by atoms with E-state index in [1.165, 1.54) is 0 Å². The topological polar surface area (TPSA) is 69.6 Å². The van der Waals surface area contributed by atoms with Crippen LogP contribution >= 0.6 is 0 Å². The second-order valence-electron chi connectivity index (χ2n) is 3.68. The Kier molecular flexibility index (Phi) is 2.62. The first-order valence-corrected chi connectivity index (χ1v) is 4.95. The van der Waals surface area contributed by atoms with Crippen molar-refractivity contribution >= 4 is 17.7 Å². The molecule has 0 saturated carbocycles. The zero-order valence-electron chi connectivity index (χ0n) is 8.86. The predicted octanol–water partition coefficient (Wildman–Crippen LogP) is 0.973. The Morgan fingerprint density at radius 2 is 2.31 bits per heavy atom. The van der Waals surface area contributed by atoms with E-state index in [1.807, 2.05) is 19.2 Å². The van der Waals surface area contributed by atoms with Gasteiger partial charge in [-0.1, -0.05) is 12.1 Å². The van der Waals surface area contributed by atoms with Crippen molar-refractivity contribution in [3.05, 3.63) is 29.3 Å². The minimum absolute atomic E-state index is 0.166. The lowest BCUT2D eigenvalue weighted by molar-refractivity contribution is -0.116. The van der Waals surface area contributed by atoms with Crippen LogP contribution in [0.3, 0.4) is 0 Å². The SMILES string of the molecule is CNCc1ccc2c(c1)CC(=O)N2C(=O)O. The third-order valence-corrected chi connectivity index (χ3v) is 2.55. The number of nitrogens with one attached hydrogen (secondary N) is 1. The maximum Gasteiger partial charge on any atom is 0.418 e. The Balaban J connectivity index is 2.38. The molecule has 0 bridgehead atoms. The molecular weight excluding hydrogens is 208 g/mol. The summed E-state index contributed by atoms with van der Waals surface area (Å²) in [7, 11) is 1.84. The second kappa shape index (κ2) is 3.94. The molecule has 2 amide bonds. The summed E-state index contributed by atoms with van der Waals surface area (Å²) in [5.74, 6) is -0.385. The number of hydrogen-bond donors (Lipinski definition) is 2. The number of amides is 2. The highest BCUT2D eigenvalue weighted by atomic mass is 16.4. The fraction of sp³-hybridized carbons (Fsp3) is 0.273. The average molecular weight is 220 g/mol. The third-order valence-electron chi connectivity index (χ3n) is 2.55. The van der Waals surface area contributed by atoms with Gasteiger partial charge in [-0.3, -0.25) is 4.79 Å². The van der Waals surface area contributed by atoms with Gasteiger partial charge in [0, 0.05) is 6.54 Å². The number of rotatable bonds is 2. The largest absolute Gasteiger partial charge is 0.464 e. The van der Waals surface area contributed by atoms with Gasteiger partial charge >= 0.3 is 6.09 Å². The standard InChI is InChI=1S/C11H12N2O3/c1-12-6-7-2-3-9-8(4-7)5-10(14)13(9)11(15)16/h2-4,12H,5-6H2,1H3,(H,15,16). The van der Waals surface area contributed by atoms with E-state index < -0.39 is 6.09 Å². The average Bonchev–Trinajstić information content (AvgIpc) is 2.53. The van der Waals surface area contributed by atoms with Gasteiger partial charge < -0.3 is 10.4 Å². The van der Waals surface area contributed by atoms with Crippen molar-refractivity contribution in [1.82, 2.24) is 5.32 Å². The van der Waals surface area contributed by atoms with Crippen molar-refractivity contribution in [3.8, 4) is 0 Å². The van der Waals surface area contributed by atoms with Crippen LogP contribution in [0, 0.1) is 0 Å². The molecule has 1 heterocycles. The van der Waals surface area contributed by atoms with E-state index in [-0.39, 0.29) is 12.3 Å². The van der Waals surface area contributed by atoms with Gasteiger partial charge in [-0.2, -0.15) is 0 Å². The molecule has 1 aromatic rings. The normalized spacial score (nSPS) is 14.1. The fourth-order valence-electron chi connectivity index (χ4n) is 1.90. The molecule has 16 heavy (non-hydrogen) atoms. The highest BCUT2D eigenvalue weighted by Crippen LogP contribution is 2.29. The van der Waals surface area contributed by atoms with Crippen LogP contribution in [-0.2, 0) is 17.8 Å². The van der Waals surface area contributed by atoms with Crippen molar-refractivity contribution in [2.75, 3.05) is 11.9 Å². The molecule has 2 rings (SSSR count). The summed E-state index contributed by atoms with van der Waals surface area (Å²) in [5.41, 5.74) is 2.30. The quantitative estimate of drug-likeness (QED) is 0.779. The van der Waals surface area contributed by atoms with Gasteiger partial charge in [0.25, 0.3) is 0 Å². The van der Waals surface area contributed by atoms with E-state index in [1.54, 1.807) is 6.07 Å². The molecule has 5 heteroatoms. The van der Waals surface area contributed by atoms with E-state index in [0.717, 1.165) is 16.0 Å². The lowest BCUT2D eigenvalue weighted by Gasteiger charge is -2.11. The van der Waals surface area contributed by atoms with Crippen LogP contribution in [0.5, 0.6) is 0 Å². The Hall–Kier alpha value is -1.88. The lowest BCUT2D eigenvalue weighted by atomic mass is 10.1. The van der Waals surface area contributed by atoms with Gasteiger partial charge in [0.2, 0.25) is 5.91 Å². The summed E-state index contributed by atoms with van der Waals surface area (Å²) in [6, 6.07) is 5.37. The molecule has 2 N–H and O–H groups in total. The van der Waals surface area contributed by atoms with Gasteiger partial charge in [-0.15, -0.1) is 0 Å². The van der Waals surface area contributed by atoms with Crippen LogP contribution in [0.15, 0.2) is 18.2 Å². The molecule has 0 radical (unpaired) electrons. The molecule has 1 aromatic carbocycles. The Morgan fingerprint density at radius 1 is 1.56 bits per heavy atom. The fourth-order valence-corrected chi connectivity index (χ4v) is 1.90. The van der Waals surface area contributed by atoms with Gasteiger partial charge in [0.15, 0.2) is 0 Å². The van der Waals surface area contributed by atoms with Crippen molar-refractivity contribution in [3.63, 3.8) is 0 Å². The maximum atomic E-state index is 11.5. The molecule has 0 unspecified atom stereocenters. The van der Waals surface area contributed by atoms with Crippen LogP contribution in [0.2, 0.25) is 0 Å². The molecule has 0 aliphatic carbocycles. The minimum Gasteiger partial charge on any atom is -0.464 e. The Labute approximate surface area is 92.7 Å². The van der Waals surface area contributed by atoms with Gasteiger partial charge in [-0.25, -0.2) is 9.69 Å². The number of hydrogen-bond acceptors (Lipinski definition) is 3. The van der Waals surface area contributed by atoms with Gasteiger partial charge in [0.05, 0.1) is 12.1 Å². The van der Waals surface area contributed by atoms with E-state index in [0.29, 0.717) is 12.2 Å². The first kappa shape index (κ1) is 10.6. The van der Waals surface area contributed by atoms with E-state index in [9.17, 15) is 9.59 Å². The molecule has 1 aliphatic heterocycles. The maximum absolute atomic E-state index is 11.5. The molecule has 84 valence electrons. The second-order valence-corrected chi connectivity index (χ2v) is 3.68. The Morgan fingerprint density at radius 3 is 2.94 bits per heavy atom. The highest BCUT2D eigenvalue weighted by molar-refractivity contribution is 6.16. The monoisotopic (exact) mass is 220 g/mol. The predicted molar refractivity (Wildman–Crippen MR) is 58.4 cm³/mol. The molecule has 0 aromatic heterocycles. The molecule has 1 aliphatic rings.